The molecule has 1 fully saturated rings. The number of rotatable bonds is 3. The molecule has 0 radical (unpaired) electrons. The first-order valence-corrected chi connectivity index (χ1v) is 7.75. The maximum atomic E-state index is 13.2. The summed E-state index contributed by atoms with van der Waals surface area (Å²) in [5, 5.41) is 0. The molecule has 4 nitrogen and oxygen atoms in total. The summed E-state index contributed by atoms with van der Waals surface area (Å²) in [5.41, 5.74) is -0.741. The highest BCUT2D eigenvalue weighted by Crippen LogP contribution is 2.36. The second kappa shape index (κ2) is 6.76. The van der Waals surface area contributed by atoms with Gasteiger partial charge in [-0.25, -0.2) is 4.98 Å². The minimum atomic E-state index is -4.44. The van der Waals surface area contributed by atoms with Gasteiger partial charge >= 0.3 is 6.18 Å². The topological polar surface area (TPSA) is 36.4 Å². The van der Waals surface area contributed by atoms with E-state index in [1.54, 1.807) is 16.8 Å². The van der Waals surface area contributed by atoms with E-state index in [0.717, 1.165) is 18.9 Å². The van der Waals surface area contributed by atoms with Crippen LogP contribution in [0.1, 0.15) is 32.3 Å². The van der Waals surface area contributed by atoms with Gasteiger partial charge in [0, 0.05) is 38.3 Å². The van der Waals surface area contributed by atoms with Gasteiger partial charge in [-0.05, 0) is 25.0 Å². The molecule has 1 aliphatic rings. The van der Waals surface area contributed by atoms with Gasteiger partial charge < -0.3 is 9.80 Å². The molecule has 1 amide bonds. The average Bonchev–Trinajstić information content (AvgIpc) is 2.52. The van der Waals surface area contributed by atoms with Crippen molar-refractivity contribution in [2.75, 3.05) is 25.0 Å². The fraction of sp³-hybridized carbons (Fsp3) is 0.625. The van der Waals surface area contributed by atoms with Gasteiger partial charge in [-0.3, -0.25) is 4.79 Å². The van der Waals surface area contributed by atoms with Crippen molar-refractivity contribution in [3.8, 4) is 0 Å². The Morgan fingerprint density at radius 1 is 1.43 bits per heavy atom. The summed E-state index contributed by atoms with van der Waals surface area (Å²) in [4.78, 5) is 19.4. The van der Waals surface area contributed by atoms with Crippen molar-refractivity contribution < 1.29 is 18.0 Å². The zero-order valence-corrected chi connectivity index (χ0v) is 13.6. The van der Waals surface area contributed by atoms with Crippen LogP contribution >= 0.6 is 0 Å². The molecule has 7 heteroatoms. The van der Waals surface area contributed by atoms with Gasteiger partial charge in [0.05, 0.1) is 5.56 Å². The van der Waals surface area contributed by atoms with E-state index in [1.165, 1.54) is 12.3 Å². The highest BCUT2D eigenvalue weighted by molar-refractivity contribution is 5.78. The number of carbonyl (C=O) groups is 1. The number of alkyl halides is 3. The Hall–Kier alpha value is -1.79. The predicted molar refractivity (Wildman–Crippen MR) is 82.1 cm³/mol. The zero-order chi connectivity index (χ0) is 17.2. The smallest absolute Gasteiger partial charge is 0.354 e. The number of anilines is 1. The van der Waals surface area contributed by atoms with Gasteiger partial charge in [-0.2, -0.15) is 13.2 Å². The maximum absolute atomic E-state index is 13.2. The van der Waals surface area contributed by atoms with Crippen molar-refractivity contribution in [1.29, 1.82) is 0 Å². The molecule has 1 atom stereocenters. The third kappa shape index (κ3) is 3.95. The summed E-state index contributed by atoms with van der Waals surface area (Å²) in [6.45, 7) is 4.75. The highest BCUT2D eigenvalue weighted by atomic mass is 19.4. The molecule has 2 rings (SSSR count). The first-order valence-electron chi connectivity index (χ1n) is 7.75. The number of hydrogen-bond acceptors (Lipinski definition) is 3. The summed E-state index contributed by atoms with van der Waals surface area (Å²) >= 11 is 0. The number of likely N-dealkylation sites (N-methyl/N-ethyl adjacent to an activating group) is 1. The lowest BCUT2D eigenvalue weighted by Crippen LogP contribution is -2.50. The Bertz CT molecular complexity index is 560. The third-order valence-electron chi connectivity index (χ3n) is 4.18. The molecule has 1 aromatic heterocycles. The van der Waals surface area contributed by atoms with Gasteiger partial charge in [-0.1, -0.05) is 13.8 Å². The van der Waals surface area contributed by atoms with Crippen LogP contribution in [0.25, 0.3) is 0 Å². The van der Waals surface area contributed by atoms with E-state index in [-0.39, 0.29) is 23.7 Å². The number of hydrogen-bond donors (Lipinski definition) is 0. The van der Waals surface area contributed by atoms with Crippen molar-refractivity contribution in [3.63, 3.8) is 0 Å². The van der Waals surface area contributed by atoms with Gasteiger partial charge in [-0.15, -0.1) is 0 Å². The standard InChI is InChI=1S/C16H22F3N3O/c1-11(2)15(23)22-9-5-6-12(10-22)21(3)14-13(16(17,18)19)7-4-8-20-14/h4,7-8,11-12H,5-6,9-10H2,1-3H3. The Balaban J connectivity index is 2.21. The minimum Gasteiger partial charge on any atom is -0.354 e. The second-order valence-electron chi connectivity index (χ2n) is 6.22. The average molecular weight is 329 g/mol. The molecule has 128 valence electrons. The van der Waals surface area contributed by atoms with Crippen LogP contribution in [-0.2, 0) is 11.0 Å². The normalized spacial score (nSPS) is 19.1. The molecule has 23 heavy (non-hydrogen) atoms. The monoisotopic (exact) mass is 329 g/mol. The molecule has 0 saturated carbocycles. The first kappa shape index (κ1) is 17.6. The quantitative estimate of drug-likeness (QED) is 0.854. The van der Waals surface area contributed by atoms with Gasteiger partial charge in [0.25, 0.3) is 0 Å². The molecule has 0 bridgehead atoms. The number of carbonyl (C=O) groups excluding carboxylic acids is 1. The number of halogens is 3. The number of amides is 1. The molecule has 0 aliphatic carbocycles. The summed E-state index contributed by atoms with van der Waals surface area (Å²) in [7, 11) is 1.62. The van der Waals surface area contributed by atoms with Crippen molar-refractivity contribution >= 4 is 11.7 Å². The van der Waals surface area contributed by atoms with Crippen LogP contribution in [0.5, 0.6) is 0 Å². The second-order valence-corrected chi connectivity index (χ2v) is 6.22. The van der Waals surface area contributed by atoms with Gasteiger partial charge in [0.15, 0.2) is 0 Å². The van der Waals surface area contributed by atoms with Crippen LogP contribution < -0.4 is 4.90 Å². The molecular formula is C16H22F3N3O. The van der Waals surface area contributed by atoms with Gasteiger partial charge in [0.2, 0.25) is 5.91 Å². The first-order chi connectivity index (χ1) is 10.7. The van der Waals surface area contributed by atoms with Crippen molar-refractivity contribution in [3.05, 3.63) is 23.9 Å². The SMILES string of the molecule is CC(C)C(=O)N1CCCC(N(C)c2ncccc2C(F)(F)F)C1. The number of aromatic nitrogens is 1. The molecule has 1 saturated heterocycles. The van der Waals surface area contributed by atoms with E-state index >= 15 is 0 Å². The van der Waals surface area contributed by atoms with Crippen LogP contribution in [0.3, 0.4) is 0 Å². The Morgan fingerprint density at radius 3 is 2.74 bits per heavy atom. The molecule has 1 aliphatic heterocycles. The Labute approximate surface area is 134 Å². The van der Waals surface area contributed by atoms with E-state index in [1.807, 2.05) is 13.8 Å². The van der Waals surface area contributed by atoms with Gasteiger partial charge in [0.1, 0.15) is 5.82 Å². The van der Waals surface area contributed by atoms with Crippen LogP contribution in [-0.4, -0.2) is 42.0 Å². The lowest BCUT2D eigenvalue weighted by atomic mass is 10.0. The van der Waals surface area contributed by atoms with Crippen molar-refractivity contribution in [1.82, 2.24) is 9.88 Å². The highest BCUT2D eigenvalue weighted by Gasteiger charge is 2.37. The predicted octanol–water partition coefficient (Wildman–Crippen LogP) is 3.18. The fourth-order valence-electron chi connectivity index (χ4n) is 2.91. The summed E-state index contributed by atoms with van der Waals surface area (Å²) in [5.74, 6) is -0.149. The van der Waals surface area contributed by atoms with Crippen molar-refractivity contribution in [2.45, 2.75) is 38.9 Å². The van der Waals surface area contributed by atoms with E-state index < -0.39 is 11.7 Å². The lowest BCUT2D eigenvalue weighted by Gasteiger charge is -2.39. The number of piperidine rings is 1. The molecule has 2 heterocycles. The molecule has 0 aromatic carbocycles. The van der Waals surface area contributed by atoms with E-state index in [0.29, 0.717) is 13.1 Å². The van der Waals surface area contributed by atoms with E-state index in [2.05, 4.69) is 4.98 Å². The molecule has 1 aromatic rings. The minimum absolute atomic E-state index is 0.0418. The Morgan fingerprint density at radius 2 is 2.13 bits per heavy atom. The molecular weight excluding hydrogens is 307 g/mol. The van der Waals surface area contributed by atoms with Crippen LogP contribution in [0.4, 0.5) is 19.0 Å². The summed E-state index contributed by atoms with van der Waals surface area (Å²) in [6.07, 6.45) is -1.56. The lowest BCUT2D eigenvalue weighted by molar-refractivity contribution is -0.138. The zero-order valence-electron chi connectivity index (χ0n) is 13.6. The summed E-state index contributed by atoms with van der Waals surface area (Å²) < 4.78 is 39.5. The number of likely N-dealkylation sites (tertiary alicyclic amines) is 1. The number of nitrogens with zero attached hydrogens (tertiary/aromatic N) is 3. The van der Waals surface area contributed by atoms with E-state index in [9.17, 15) is 18.0 Å². The summed E-state index contributed by atoms with van der Waals surface area (Å²) in [6, 6.07) is 2.16. The largest absolute Gasteiger partial charge is 0.419 e. The van der Waals surface area contributed by atoms with Crippen LogP contribution in [0, 0.1) is 5.92 Å². The number of pyridine rings is 1. The van der Waals surface area contributed by atoms with E-state index in [4.69, 9.17) is 0 Å². The van der Waals surface area contributed by atoms with Crippen LogP contribution in [0.2, 0.25) is 0 Å². The Kier molecular flexibility index (Phi) is 5.16. The fourth-order valence-corrected chi connectivity index (χ4v) is 2.91. The third-order valence-corrected chi connectivity index (χ3v) is 4.18. The van der Waals surface area contributed by atoms with Crippen LogP contribution in [0.15, 0.2) is 18.3 Å². The maximum Gasteiger partial charge on any atom is 0.419 e. The molecule has 1 unspecified atom stereocenters. The molecule has 0 spiro atoms. The molecule has 0 N–H and O–H groups in total. The van der Waals surface area contributed by atoms with Crippen molar-refractivity contribution in [2.24, 2.45) is 5.92 Å².